The molecule has 1 aromatic rings. The minimum atomic E-state index is -0.432. The number of carbonyl (C=O) groups excluding carboxylic acids is 2. The van der Waals surface area contributed by atoms with Crippen molar-refractivity contribution in [2.75, 3.05) is 20.2 Å². The molecule has 0 heterocycles. The zero-order chi connectivity index (χ0) is 15.7. The summed E-state index contributed by atoms with van der Waals surface area (Å²) in [5, 5.41) is 0. The fraction of sp³-hybridized carbons (Fsp3) is 0.500. The van der Waals surface area contributed by atoms with Crippen molar-refractivity contribution in [1.29, 1.82) is 0 Å². The number of benzene rings is 1. The van der Waals surface area contributed by atoms with Crippen molar-refractivity contribution in [1.82, 2.24) is 4.90 Å². The largest absolute Gasteiger partial charge is 0.464 e. The molecule has 21 heavy (non-hydrogen) atoms. The maximum absolute atomic E-state index is 11.7. The van der Waals surface area contributed by atoms with E-state index in [1.54, 1.807) is 7.05 Å². The van der Waals surface area contributed by atoms with Crippen LogP contribution < -0.4 is 0 Å². The van der Waals surface area contributed by atoms with E-state index in [9.17, 15) is 9.59 Å². The average molecular weight is 293 g/mol. The van der Waals surface area contributed by atoms with Crippen molar-refractivity contribution in [2.24, 2.45) is 5.92 Å². The summed E-state index contributed by atoms with van der Waals surface area (Å²) in [5.74, 6) is -0.344. The topological polar surface area (TPSA) is 55.8 Å². The second-order valence-electron chi connectivity index (χ2n) is 4.94. The van der Waals surface area contributed by atoms with E-state index in [0.717, 1.165) is 12.0 Å². The molecule has 0 aliphatic rings. The third kappa shape index (κ3) is 6.29. The Morgan fingerprint density at radius 3 is 2.48 bits per heavy atom. The zero-order valence-electron chi connectivity index (χ0n) is 12.9. The summed E-state index contributed by atoms with van der Waals surface area (Å²) in [6.45, 7) is 4.48. The van der Waals surface area contributed by atoms with Crippen molar-refractivity contribution in [3.63, 3.8) is 0 Å². The minimum absolute atomic E-state index is 0.111. The molecule has 0 bridgehead atoms. The fourth-order valence-electron chi connectivity index (χ4n) is 1.51. The summed E-state index contributed by atoms with van der Waals surface area (Å²) in [5.41, 5.74) is 0.933. The van der Waals surface area contributed by atoms with Gasteiger partial charge in [-0.15, -0.1) is 0 Å². The number of nitrogens with zero attached hydrogens (tertiary/aromatic N) is 1. The highest BCUT2D eigenvalue weighted by Gasteiger charge is 2.14. The number of esters is 1. The molecule has 1 atom stereocenters. The molecular formula is C16H23NO4. The minimum Gasteiger partial charge on any atom is -0.464 e. The van der Waals surface area contributed by atoms with Crippen LogP contribution in [0.4, 0.5) is 4.79 Å². The molecule has 0 N–H and O–H groups in total. The summed E-state index contributed by atoms with van der Waals surface area (Å²) in [4.78, 5) is 24.6. The average Bonchev–Trinajstić information content (AvgIpc) is 2.52. The van der Waals surface area contributed by atoms with Crippen molar-refractivity contribution in [3.05, 3.63) is 35.9 Å². The first-order valence-electron chi connectivity index (χ1n) is 7.13. The summed E-state index contributed by atoms with van der Waals surface area (Å²) in [6, 6.07) is 9.47. The highest BCUT2D eigenvalue weighted by molar-refractivity contribution is 5.72. The van der Waals surface area contributed by atoms with Gasteiger partial charge in [-0.25, -0.2) is 4.79 Å². The van der Waals surface area contributed by atoms with Crippen molar-refractivity contribution >= 4 is 12.1 Å². The predicted octanol–water partition coefficient (Wildman–Crippen LogP) is 2.84. The highest BCUT2D eigenvalue weighted by Crippen LogP contribution is 2.04. The van der Waals surface area contributed by atoms with E-state index in [1.165, 1.54) is 4.90 Å². The maximum atomic E-state index is 11.7. The van der Waals surface area contributed by atoms with E-state index in [4.69, 9.17) is 9.47 Å². The van der Waals surface area contributed by atoms with Gasteiger partial charge in [-0.3, -0.25) is 4.79 Å². The first-order valence-corrected chi connectivity index (χ1v) is 7.13. The van der Waals surface area contributed by atoms with E-state index < -0.39 is 6.09 Å². The third-order valence-corrected chi connectivity index (χ3v) is 3.20. The lowest BCUT2D eigenvalue weighted by molar-refractivity contribution is -0.148. The molecule has 0 spiro atoms. The van der Waals surface area contributed by atoms with Crippen LogP contribution in [0.2, 0.25) is 0 Å². The number of hydrogen-bond donors (Lipinski definition) is 0. The lowest BCUT2D eigenvalue weighted by Crippen LogP contribution is -2.31. The first-order chi connectivity index (χ1) is 10.0. The van der Waals surface area contributed by atoms with Gasteiger partial charge in [0.1, 0.15) is 13.2 Å². The van der Waals surface area contributed by atoms with Gasteiger partial charge >= 0.3 is 12.1 Å². The smallest absolute Gasteiger partial charge is 0.409 e. The molecule has 0 aliphatic carbocycles. The third-order valence-electron chi connectivity index (χ3n) is 3.20. The Labute approximate surface area is 125 Å². The van der Waals surface area contributed by atoms with Gasteiger partial charge in [-0.2, -0.15) is 0 Å². The van der Waals surface area contributed by atoms with Gasteiger partial charge in [0.25, 0.3) is 0 Å². The van der Waals surface area contributed by atoms with Crippen LogP contribution in [0.3, 0.4) is 0 Å². The molecule has 1 aromatic carbocycles. The maximum Gasteiger partial charge on any atom is 0.409 e. The van der Waals surface area contributed by atoms with Gasteiger partial charge in [0.15, 0.2) is 0 Å². The van der Waals surface area contributed by atoms with Crippen LogP contribution in [0.25, 0.3) is 0 Å². The molecular weight excluding hydrogens is 270 g/mol. The summed E-state index contributed by atoms with van der Waals surface area (Å²) >= 11 is 0. The molecule has 5 heteroatoms. The van der Waals surface area contributed by atoms with E-state index in [2.05, 4.69) is 0 Å². The number of ether oxygens (including phenoxy) is 2. The summed E-state index contributed by atoms with van der Waals surface area (Å²) in [6.07, 6.45) is 0.312. The highest BCUT2D eigenvalue weighted by atomic mass is 16.6. The van der Waals surface area contributed by atoms with Crippen LogP contribution in [0.1, 0.15) is 25.8 Å². The number of amides is 1. The molecule has 1 amide bonds. The van der Waals surface area contributed by atoms with Gasteiger partial charge in [-0.1, -0.05) is 44.2 Å². The van der Waals surface area contributed by atoms with Gasteiger partial charge < -0.3 is 14.4 Å². The quantitative estimate of drug-likeness (QED) is 0.725. The molecule has 0 radical (unpaired) electrons. The molecule has 0 saturated heterocycles. The normalized spacial score (nSPS) is 11.6. The van der Waals surface area contributed by atoms with E-state index in [1.807, 2.05) is 44.2 Å². The van der Waals surface area contributed by atoms with Crippen LogP contribution in [-0.4, -0.2) is 37.2 Å². The second-order valence-corrected chi connectivity index (χ2v) is 4.94. The van der Waals surface area contributed by atoms with Crippen LogP contribution in [0, 0.1) is 5.92 Å². The van der Waals surface area contributed by atoms with Gasteiger partial charge in [0.2, 0.25) is 0 Å². The monoisotopic (exact) mass is 293 g/mol. The van der Waals surface area contributed by atoms with Crippen molar-refractivity contribution in [3.8, 4) is 0 Å². The molecule has 0 saturated carbocycles. The number of carbonyl (C=O) groups is 2. The Bertz CT molecular complexity index is 447. The van der Waals surface area contributed by atoms with Crippen LogP contribution in [-0.2, 0) is 20.9 Å². The molecule has 5 nitrogen and oxygen atoms in total. The van der Waals surface area contributed by atoms with Gasteiger partial charge in [0.05, 0.1) is 12.5 Å². The van der Waals surface area contributed by atoms with Crippen molar-refractivity contribution < 1.29 is 19.1 Å². The Morgan fingerprint density at radius 2 is 1.86 bits per heavy atom. The van der Waals surface area contributed by atoms with Crippen molar-refractivity contribution in [2.45, 2.75) is 26.9 Å². The summed E-state index contributed by atoms with van der Waals surface area (Å²) < 4.78 is 10.3. The van der Waals surface area contributed by atoms with E-state index in [0.29, 0.717) is 6.54 Å². The Balaban J connectivity index is 2.24. The Morgan fingerprint density at radius 1 is 1.19 bits per heavy atom. The van der Waals surface area contributed by atoms with E-state index in [-0.39, 0.29) is 25.1 Å². The summed E-state index contributed by atoms with van der Waals surface area (Å²) in [7, 11) is 1.62. The lowest BCUT2D eigenvalue weighted by Gasteiger charge is -2.17. The Kier molecular flexibility index (Phi) is 7.29. The number of likely N-dealkylation sites (N-methyl/N-ethyl adjacent to an activating group) is 1. The van der Waals surface area contributed by atoms with Gasteiger partial charge in [-0.05, 0) is 12.0 Å². The van der Waals surface area contributed by atoms with Crippen LogP contribution in [0.5, 0.6) is 0 Å². The lowest BCUT2D eigenvalue weighted by atomic mass is 10.1. The number of hydrogen-bond acceptors (Lipinski definition) is 4. The Hall–Kier alpha value is -2.04. The van der Waals surface area contributed by atoms with Crippen LogP contribution in [0.15, 0.2) is 30.3 Å². The van der Waals surface area contributed by atoms with Gasteiger partial charge in [0, 0.05) is 7.05 Å². The molecule has 0 aromatic heterocycles. The fourth-order valence-corrected chi connectivity index (χ4v) is 1.51. The SMILES string of the molecule is CCC(C)C(=O)OCCN(C)C(=O)OCc1ccccc1. The molecule has 1 rings (SSSR count). The molecule has 116 valence electrons. The standard InChI is InChI=1S/C16H23NO4/c1-4-13(2)15(18)20-11-10-17(3)16(19)21-12-14-8-6-5-7-9-14/h5-9,13H,4,10-12H2,1-3H3. The number of rotatable bonds is 7. The molecule has 0 aliphatic heterocycles. The molecule has 0 fully saturated rings. The second kappa shape index (κ2) is 9.00. The zero-order valence-corrected chi connectivity index (χ0v) is 12.9. The van der Waals surface area contributed by atoms with Crippen LogP contribution >= 0.6 is 0 Å². The first kappa shape index (κ1) is 17.0. The van der Waals surface area contributed by atoms with E-state index >= 15 is 0 Å². The predicted molar refractivity (Wildman–Crippen MR) is 79.7 cm³/mol. The molecule has 1 unspecified atom stereocenters.